The van der Waals surface area contributed by atoms with Crippen molar-refractivity contribution < 1.29 is 9.47 Å². The number of rotatable bonds is 8. The minimum Gasteiger partial charge on any atom is -0.375 e. The molecule has 0 aliphatic heterocycles. The molecule has 18 heavy (non-hydrogen) atoms. The minimum absolute atomic E-state index is 0.0408. The van der Waals surface area contributed by atoms with E-state index in [0.29, 0.717) is 0 Å². The van der Waals surface area contributed by atoms with Crippen molar-refractivity contribution >= 4 is 0 Å². The Hall–Kier alpha value is -0.120. The Bertz CT molecular complexity index is 219. The van der Waals surface area contributed by atoms with E-state index in [1.165, 1.54) is 0 Å². The van der Waals surface area contributed by atoms with Gasteiger partial charge in [-0.25, -0.2) is 0 Å². The van der Waals surface area contributed by atoms with E-state index in [9.17, 15) is 0 Å². The molecule has 0 unspecified atom stereocenters. The third kappa shape index (κ3) is 11.0. The molecular weight excluding hydrogens is 226 g/mol. The molecule has 0 saturated heterocycles. The van der Waals surface area contributed by atoms with E-state index >= 15 is 0 Å². The molecule has 0 aromatic heterocycles. The smallest absolute Gasteiger partial charge is 0.0642 e. The Balaban J connectivity index is 3.79. The summed E-state index contributed by atoms with van der Waals surface area (Å²) < 4.78 is 11.6. The molecule has 0 amide bonds. The Morgan fingerprint density at radius 3 is 2.00 bits per heavy atom. The molecule has 0 radical (unpaired) electrons. The molecule has 0 aliphatic carbocycles. The fourth-order valence-corrected chi connectivity index (χ4v) is 1.78. The molecule has 0 bridgehead atoms. The molecule has 0 atom stereocenters. The lowest BCUT2D eigenvalue weighted by Gasteiger charge is -2.30. The summed E-state index contributed by atoms with van der Waals surface area (Å²) >= 11 is 0. The second-order valence-electron chi connectivity index (χ2n) is 6.94. The van der Waals surface area contributed by atoms with Crippen LogP contribution in [0, 0.1) is 0 Å². The van der Waals surface area contributed by atoms with Crippen LogP contribution in [0.15, 0.2) is 0 Å². The Morgan fingerprint density at radius 2 is 1.56 bits per heavy atom. The van der Waals surface area contributed by atoms with Gasteiger partial charge in [0.05, 0.1) is 23.9 Å². The van der Waals surface area contributed by atoms with Crippen molar-refractivity contribution in [1.29, 1.82) is 0 Å². The van der Waals surface area contributed by atoms with Crippen molar-refractivity contribution in [1.82, 2.24) is 4.90 Å². The predicted octanol–water partition coefficient (Wildman–Crippen LogP) is 3.33. The number of ether oxygens (including phenoxy) is 2. The molecule has 0 aromatic rings. The average molecular weight is 259 g/mol. The van der Waals surface area contributed by atoms with E-state index in [2.05, 4.69) is 60.4 Å². The van der Waals surface area contributed by atoms with Crippen LogP contribution in [0.1, 0.15) is 54.9 Å². The zero-order chi connectivity index (χ0) is 14.4. The maximum Gasteiger partial charge on any atom is 0.0642 e. The van der Waals surface area contributed by atoms with E-state index in [4.69, 9.17) is 9.47 Å². The van der Waals surface area contributed by atoms with Gasteiger partial charge in [0.25, 0.3) is 0 Å². The molecule has 0 aromatic carbocycles. The molecule has 0 heterocycles. The summed E-state index contributed by atoms with van der Waals surface area (Å²) in [7, 11) is 2.14. The van der Waals surface area contributed by atoms with Crippen LogP contribution in [-0.4, -0.2) is 49.0 Å². The van der Waals surface area contributed by atoms with Crippen LogP contribution in [0.2, 0.25) is 0 Å². The second-order valence-corrected chi connectivity index (χ2v) is 6.94. The van der Waals surface area contributed by atoms with Crippen molar-refractivity contribution in [2.75, 3.05) is 26.7 Å². The molecule has 0 spiro atoms. The third-order valence-electron chi connectivity index (χ3n) is 2.66. The quantitative estimate of drug-likeness (QED) is 0.667. The zero-order valence-corrected chi connectivity index (χ0v) is 13.7. The third-order valence-corrected chi connectivity index (χ3v) is 2.66. The van der Waals surface area contributed by atoms with Gasteiger partial charge in [-0.2, -0.15) is 0 Å². The topological polar surface area (TPSA) is 21.7 Å². The highest BCUT2D eigenvalue weighted by atomic mass is 16.5. The van der Waals surface area contributed by atoms with Gasteiger partial charge in [-0.05, 0) is 61.9 Å². The molecule has 0 saturated carbocycles. The van der Waals surface area contributed by atoms with Gasteiger partial charge in [-0.3, -0.25) is 0 Å². The van der Waals surface area contributed by atoms with Crippen molar-refractivity contribution in [3.8, 4) is 0 Å². The molecule has 110 valence electrons. The SMILES string of the molecule is CC(C)OC(C)(C)CCN(C)CCOC(C)(C)C. The van der Waals surface area contributed by atoms with Crippen molar-refractivity contribution in [3.63, 3.8) is 0 Å². The summed E-state index contributed by atoms with van der Waals surface area (Å²) in [4.78, 5) is 2.30. The lowest BCUT2D eigenvalue weighted by atomic mass is 10.0. The largest absolute Gasteiger partial charge is 0.375 e. The van der Waals surface area contributed by atoms with Crippen molar-refractivity contribution in [3.05, 3.63) is 0 Å². The summed E-state index contributed by atoms with van der Waals surface area (Å²) in [5.41, 5.74) is -0.0891. The highest BCUT2D eigenvalue weighted by Gasteiger charge is 2.20. The van der Waals surface area contributed by atoms with Crippen LogP contribution in [0.4, 0.5) is 0 Å². The summed E-state index contributed by atoms with van der Waals surface area (Å²) in [6.45, 7) is 17.5. The average Bonchev–Trinajstić information content (AvgIpc) is 2.10. The molecule has 3 nitrogen and oxygen atoms in total. The molecule has 0 rings (SSSR count). The number of likely N-dealkylation sites (N-methyl/N-ethyl adjacent to an activating group) is 1. The lowest BCUT2D eigenvalue weighted by molar-refractivity contribution is -0.0654. The molecule has 3 heteroatoms. The van der Waals surface area contributed by atoms with E-state index in [1.54, 1.807) is 0 Å². The van der Waals surface area contributed by atoms with Gasteiger partial charge in [0, 0.05) is 13.1 Å². The number of hydrogen-bond donors (Lipinski definition) is 0. The molecule has 0 N–H and O–H groups in total. The second kappa shape index (κ2) is 7.46. The first-order valence-electron chi connectivity index (χ1n) is 7.02. The van der Waals surface area contributed by atoms with Crippen LogP contribution < -0.4 is 0 Å². The van der Waals surface area contributed by atoms with Gasteiger partial charge in [-0.15, -0.1) is 0 Å². The highest BCUT2D eigenvalue weighted by Crippen LogP contribution is 2.17. The van der Waals surface area contributed by atoms with Gasteiger partial charge in [-0.1, -0.05) is 0 Å². The van der Waals surface area contributed by atoms with E-state index in [1.807, 2.05) is 0 Å². The summed E-state index contributed by atoms with van der Waals surface area (Å²) in [6, 6.07) is 0. The summed E-state index contributed by atoms with van der Waals surface area (Å²) in [5, 5.41) is 0. The van der Waals surface area contributed by atoms with E-state index in [-0.39, 0.29) is 17.3 Å². The minimum atomic E-state index is -0.0483. The summed E-state index contributed by atoms with van der Waals surface area (Å²) in [5.74, 6) is 0. The van der Waals surface area contributed by atoms with Crippen molar-refractivity contribution in [2.45, 2.75) is 72.2 Å². The zero-order valence-electron chi connectivity index (χ0n) is 13.7. The Kier molecular flexibility index (Phi) is 7.41. The van der Waals surface area contributed by atoms with Gasteiger partial charge in [0.15, 0.2) is 0 Å². The maximum absolute atomic E-state index is 5.89. The first-order chi connectivity index (χ1) is 8.02. The highest BCUT2D eigenvalue weighted by molar-refractivity contribution is 4.71. The van der Waals surface area contributed by atoms with Crippen molar-refractivity contribution in [2.24, 2.45) is 0 Å². The van der Waals surface area contributed by atoms with E-state index in [0.717, 1.165) is 26.1 Å². The Morgan fingerprint density at radius 1 is 1.00 bits per heavy atom. The van der Waals surface area contributed by atoms with Crippen LogP contribution >= 0.6 is 0 Å². The lowest BCUT2D eigenvalue weighted by Crippen LogP contribution is -2.35. The number of nitrogens with zero attached hydrogens (tertiary/aromatic N) is 1. The van der Waals surface area contributed by atoms with Crippen LogP contribution in [0.25, 0.3) is 0 Å². The fourth-order valence-electron chi connectivity index (χ4n) is 1.78. The van der Waals surface area contributed by atoms with Crippen LogP contribution in [0.3, 0.4) is 0 Å². The molecule has 0 fully saturated rings. The standard InChI is InChI=1S/C15H33NO2/c1-13(2)18-15(6,7)9-10-16(8)11-12-17-14(3,4)5/h13H,9-12H2,1-8H3. The van der Waals surface area contributed by atoms with Gasteiger partial charge >= 0.3 is 0 Å². The predicted molar refractivity (Wildman–Crippen MR) is 78.1 cm³/mol. The first-order valence-corrected chi connectivity index (χ1v) is 7.02. The molecular formula is C15H33NO2. The first kappa shape index (κ1) is 17.9. The van der Waals surface area contributed by atoms with Gasteiger partial charge in [0.1, 0.15) is 0 Å². The monoisotopic (exact) mass is 259 g/mol. The Labute approximate surface area is 114 Å². The van der Waals surface area contributed by atoms with Crippen LogP contribution in [-0.2, 0) is 9.47 Å². The van der Waals surface area contributed by atoms with Gasteiger partial charge in [0.2, 0.25) is 0 Å². The maximum atomic E-state index is 5.89. The molecule has 0 aliphatic rings. The van der Waals surface area contributed by atoms with Gasteiger partial charge < -0.3 is 14.4 Å². The normalized spacial score (nSPS) is 13.7. The summed E-state index contributed by atoms with van der Waals surface area (Å²) in [6.07, 6.45) is 1.33. The van der Waals surface area contributed by atoms with Crippen LogP contribution in [0.5, 0.6) is 0 Å². The van der Waals surface area contributed by atoms with E-state index < -0.39 is 0 Å². The number of hydrogen-bond acceptors (Lipinski definition) is 3. The fraction of sp³-hybridized carbons (Fsp3) is 1.00.